The van der Waals surface area contributed by atoms with Gasteiger partial charge in [-0.3, -0.25) is 4.90 Å². The van der Waals surface area contributed by atoms with Gasteiger partial charge in [0.1, 0.15) is 5.58 Å². The molecular formula is C15H19NO3. The van der Waals surface area contributed by atoms with Crippen LogP contribution in [0.2, 0.25) is 0 Å². The van der Waals surface area contributed by atoms with Gasteiger partial charge < -0.3 is 9.52 Å². The van der Waals surface area contributed by atoms with Crippen molar-refractivity contribution >= 4 is 11.0 Å². The first kappa shape index (κ1) is 13.8. The van der Waals surface area contributed by atoms with Crippen LogP contribution < -0.4 is 5.63 Å². The fourth-order valence-corrected chi connectivity index (χ4v) is 2.17. The molecule has 0 aliphatic carbocycles. The van der Waals surface area contributed by atoms with Crippen LogP contribution in [0.15, 0.2) is 33.5 Å². The lowest BCUT2D eigenvalue weighted by Crippen LogP contribution is -2.22. The molecule has 0 spiro atoms. The normalized spacial score (nSPS) is 11.4. The van der Waals surface area contributed by atoms with E-state index in [2.05, 4.69) is 13.0 Å². The Morgan fingerprint density at radius 1 is 1.32 bits per heavy atom. The quantitative estimate of drug-likeness (QED) is 0.834. The van der Waals surface area contributed by atoms with Crippen molar-refractivity contribution < 1.29 is 9.52 Å². The number of fused-ring (bicyclic) bond motifs is 1. The first-order valence-corrected chi connectivity index (χ1v) is 6.49. The highest BCUT2D eigenvalue weighted by molar-refractivity contribution is 5.80. The number of hydrogen-bond acceptors (Lipinski definition) is 4. The van der Waals surface area contributed by atoms with E-state index in [9.17, 15) is 4.79 Å². The van der Waals surface area contributed by atoms with Gasteiger partial charge in [-0.05, 0) is 36.7 Å². The molecule has 1 heterocycles. The molecule has 0 aliphatic rings. The van der Waals surface area contributed by atoms with Crippen molar-refractivity contribution in [3.8, 4) is 0 Å². The second-order valence-corrected chi connectivity index (χ2v) is 4.74. The predicted octanol–water partition coefficient (Wildman–Crippen LogP) is 1.78. The van der Waals surface area contributed by atoms with Crippen LogP contribution in [0.25, 0.3) is 11.0 Å². The molecule has 1 aromatic carbocycles. The summed E-state index contributed by atoms with van der Waals surface area (Å²) in [5.74, 6) is 0. The van der Waals surface area contributed by atoms with Crippen molar-refractivity contribution in [2.24, 2.45) is 0 Å². The Bertz CT molecular complexity index is 618. The van der Waals surface area contributed by atoms with Crippen LogP contribution in [0.4, 0.5) is 0 Å². The van der Waals surface area contributed by atoms with Gasteiger partial charge in [-0.15, -0.1) is 0 Å². The molecule has 19 heavy (non-hydrogen) atoms. The molecule has 2 aromatic rings. The minimum Gasteiger partial charge on any atom is -0.423 e. The van der Waals surface area contributed by atoms with Crippen LogP contribution in [0.3, 0.4) is 0 Å². The molecule has 1 aromatic heterocycles. The van der Waals surface area contributed by atoms with E-state index >= 15 is 0 Å². The van der Waals surface area contributed by atoms with Gasteiger partial charge in [-0.1, -0.05) is 13.0 Å². The SMILES string of the molecule is CCc1ccc2oc(=O)cc(CN(C)CCO)c2c1. The standard InChI is InChI=1S/C15H19NO3/c1-3-11-4-5-14-13(8-11)12(9-15(18)19-14)10-16(2)6-7-17/h4-5,8-9,17H,3,6-7,10H2,1-2H3. The zero-order chi connectivity index (χ0) is 13.8. The molecule has 0 unspecified atom stereocenters. The summed E-state index contributed by atoms with van der Waals surface area (Å²) in [5, 5.41) is 9.92. The molecule has 0 saturated heterocycles. The number of rotatable bonds is 5. The van der Waals surface area contributed by atoms with Gasteiger partial charge in [0.2, 0.25) is 0 Å². The van der Waals surface area contributed by atoms with E-state index in [-0.39, 0.29) is 12.2 Å². The van der Waals surface area contributed by atoms with Crippen molar-refractivity contribution in [3.05, 3.63) is 45.8 Å². The third-order valence-electron chi connectivity index (χ3n) is 3.22. The zero-order valence-electron chi connectivity index (χ0n) is 11.3. The van der Waals surface area contributed by atoms with Crippen LogP contribution in [-0.4, -0.2) is 30.2 Å². The summed E-state index contributed by atoms with van der Waals surface area (Å²) < 4.78 is 5.22. The number of aryl methyl sites for hydroxylation is 1. The summed E-state index contributed by atoms with van der Waals surface area (Å²) in [6, 6.07) is 7.44. The highest BCUT2D eigenvalue weighted by atomic mass is 16.4. The highest BCUT2D eigenvalue weighted by Gasteiger charge is 2.08. The molecule has 0 aliphatic heterocycles. The molecule has 0 bridgehead atoms. The maximum atomic E-state index is 11.6. The van der Waals surface area contributed by atoms with Gasteiger partial charge in [0.15, 0.2) is 0 Å². The maximum absolute atomic E-state index is 11.6. The van der Waals surface area contributed by atoms with Gasteiger partial charge in [-0.2, -0.15) is 0 Å². The van der Waals surface area contributed by atoms with Gasteiger partial charge >= 0.3 is 5.63 Å². The molecule has 0 saturated carbocycles. The Kier molecular flexibility index (Phi) is 4.35. The van der Waals surface area contributed by atoms with Crippen molar-refractivity contribution in [1.82, 2.24) is 4.90 Å². The van der Waals surface area contributed by atoms with E-state index in [4.69, 9.17) is 9.52 Å². The number of aliphatic hydroxyl groups excluding tert-OH is 1. The molecule has 2 rings (SSSR count). The molecule has 0 fully saturated rings. The van der Waals surface area contributed by atoms with Gasteiger partial charge in [-0.25, -0.2) is 4.79 Å². The van der Waals surface area contributed by atoms with Crippen molar-refractivity contribution in [2.45, 2.75) is 19.9 Å². The second kappa shape index (κ2) is 5.99. The molecule has 0 radical (unpaired) electrons. The molecule has 4 nitrogen and oxygen atoms in total. The highest BCUT2D eigenvalue weighted by Crippen LogP contribution is 2.20. The monoisotopic (exact) mass is 261 g/mol. The number of aliphatic hydroxyl groups is 1. The smallest absolute Gasteiger partial charge is 0.336 e. The predicted molar refractivity (Wildman–Crippen MR) is 75.3 cm³/mol. The molecule has 4 heteroatoms. The topological polar surface area (TPSA) is 53.7 Å². The van der Waals surface area contributed by atoms with Crippen LogP contribution >= 0.6 is 0 Å². The van der Waals surface area contributed by atoms with Gasteiger partial charge in [0.25, 0.3) is 0 Å². The molecule has 102 valence electrons. The fourth-order valence-electron chi connectivity index (χ4n) is 2.17. The number of benzene rings is 1. The Labute approximate surface area is 112 Å². The van der Waals surface area contributed by atoms with E-state index in [0.717, 1.165) is 17.4 Å². The number of hydrogen-bond donors (Lipinski definition) is 1. The summed E-state index contributed by atoms with van der Waals surface area (Å²) in [6.07, 6.45) is 0.945. The Morgan fingerprint density at radius 2 is 2.11 bits per heavy atom. The lowest BCUT2D eigenvalue weighted by molar-refractivity contribution is 0.217. The summed E-state index contributed by atoms with van der Waals surface area (Å²) in [4.78, 5) is 13.5. The van der Waals surface area contributed by atoms with Crippen LogP contribution in [-0.2, 0) is 13.0 Å². The van der Waals surface area contributed by atoms with E-state index in [1.54, 1.807) is 0 Å². The van der Waals surface area contributed by atoms with Crippen molar-refractivity contribution in [3.63, 3.8) is 0 Å². The molecule has 0 amide bonds. The lowest BCUT2D eigenvalue weighted by Gasteiger charge is -2.16. The van der Waals surface area contributed by atoms with E-state index in [0.29, 0.717) is 18.7 Å². The summed E-state index contributed by atoms with van der Waals surface area (Å²) in [6.45, 7) is 3.40. The van der Waals surface area contributed by atoms with Crippen molar-refractivity contribution in [1.29, 1.82) is 0 Å². The molecule has 0 atom stereocenters. The maximum Gasteiger partial charge on any atom is 0.336 e. The van der Waals surface area contributed by atoms with Crippen LogP contribution in [0.5, 0.6) is 0 Å². The first-order chi connectivity index (χ1) is 9.13. The average Bonchev–Trinajstić information content (AvgIpc) is 2.38. The summed E-state index contributed by atoms with van der Waals surface area (Å²) in [5.41, 5.74) is 2.45. The first-order valence-electron chi connectivity index (χ1n) is 6.49. The summed E-state index contributed by atoms with van der Waals surface area (Å²) >= 11 is 0. The summed E-state index contributed by atoms with van der Waals surface area (Å²) in [7, 11) is 1.92. The minimum absolute atomic E-state index is 0.107. The van der Waals surface area contributed by atoms with Gasteiger partial charge in [0, 0.05) is 24.5 Å². The number of likely N-dealkylation sites (N-methyl/N-ethyl adjacent to an activating group) is 1. The van der Waals surface area contributed by atoms with E-state index < -0.39 is 0 Å². The van der Waals surface area contributed by atoms with Crippen LogP contribution in [0.1, 0.15) is 18.1 Å². The largest absolute Gasteiger partial charge is 0.423 e. The number of nitrogens with zero attached hydrogens (tertiary/aromatic N) is 1. The van der Waals surface area contributed by atoms with E-state index in [1.807, 2.05) is 24.1 Å². The second-order valence-electron chi connectivity index (χ2n) is 4.74. The third-order valence-corrected chi connectivity index (χ3v) is 3.22. The third kappa shape index (κ3) is 3.22. The fraction of sp³-hybridized carbons (Fsp3) is 0.400. The van der Waals surface area contributed by atoms with Gasteiger partial charge in [0.05, 0.1) is 6.61 Å². The zero-order valence-corrected chi connectivity index (χ0v) is 11.3. The Hall–Kier alpha value is -1.65. The Morgan fingerprint density at radius 3 is 2.79 bits per heavy atom. The minimum atomic E-state index is -0.329. The molecular weight excluding hydrogens is 242 g/mol. The van der Waals surface area contributed by atoms with Crippen molar-refractivity contribution in [2.75, 3.05) is 20.2 Å². The van der Waals surface area contributed by atoms with E-state index in [1.165, 1.54) is 11.6 Å². The lowest BCUT2D eigenvalue weighted by atomic mass is 10.1. The average molecular weight is 261 g/mol. The molecule has 1 N–H and O–H groups in total. The Balaban J connectivity index is 2.48. The van der Waals surface area contributed by atoms with Crippen LogP contribution in [0, 0.1) is 0 Å².